The average molecular weight is 417 g/mol. The highest BCUT2D eigenvalue weighted by atomic mass is 32.2. The van der Waals surface area contributed by atoms with Gasteiger partial charge < -0.3 is 9.64 Å². The monoisotopic (exact) mass is 417 g/mol. The summed E-state index contributed by atoms with van der Waals surface area (Å²) in [7, 11) is -3.46. The zero-order valence-electron chi connectivity index (χ0n) is 16.2. The molecule has 0 N–H and O–H groups in total. The molecule has 2 fully saturated rings. The normalized spacial score (nSPS) is 20.0. The lowest BCUT2D eigenvalue weighted by Gasteiger charge is -2.37. The van der Waals surface area contributed by atoms with Crippen LogP contribution >= 0.6 is 0 Å². The van der Waals surface area contributed by atoms with Gasteiger partial charge >= 0.3 is 0 Å². The molecule has 0 aliphatic carbocycles. The van der Waals surface area contributed by atoms with Crippen LogP contribution in [0.15, 0.2) is 24.3 Å². The summed E-state index contributed by atoms with van der Waals surface area (Å²) >= 11 is 0. The van der Waals surface area contributed by atoms with Crippen molar-refractivity contribution in [3.63, 3.8) is 0 Å². The molecule has 2 aliphatic rings. The van der Waals surface area contributed by atoms with Crippen molar-refractivity contribution in [3.8, 4) is 0 Å². The third kappa shape index (κ3) is 3.23. The van der Waals surface area contributed by atoms with Gasteiger partial charge in [0.1, 0.15) is 5.82 Å². The van der Waals surface area contributed by atoms with Crippen LogP contribution < -0.4 is 4.90 Å². The molecule has 11 heteroatoms. The number of ether oxygens (including phenoxy) is 1. The number of para-hydroxylation sites is 1. The van der Waals surface area contributed by atoms with E-state index in [2.05, 4.69) is 15.0 Å². The molecule has 29 heavy (non-hydrogen) atoms. The van der Waals surface area contributed by atoms with Crippen LogP contribution in [-0.2, 0) is 14.9 Å². The minimum atomic E-state index is -3.46. The van der Waals surface area contributed by atoms with Gasteiger partial charge in [0.25, 0.3) is 10.2 Å². The van der Waals surface area contributed by atoms with E-state index >= 15 is 0 Å². The van der Waals surface area contributed by atoms with Gasteiger partial charge in [-0.2, -0.15) is 21.5 Å². The molecule has 3 aromatic rings. The summed E-state index contributed by atoms with van der Waals surface area (Å²) in [5, 5.41) is 5.48. The molecule has 2 aromatic heterocycles. The number of anilines is 1. The molecule has 2 aliphatic heterocycles. The Bertz CT molecular complexity index is 1150. The van der Waals surface area contributed by atoms with E-state index in [-0.39, 0.29) is 0 Å². The number of nitrogens with zero attached hydrogens (tertiary/aromatic N) is 7. The lowest BCUT2D eigenvalue weighted by atomic mass is 10.2. The molecule has 0 unspecified atom stereocenters. The number of hydrogen-bond donors (Lipinski definition) is 0. The number of rotatable bonds is 3. The first-order valence-electron chi connectivity index (χ1n) is 9.74. The van der Waals surface area contributed by atoms with Crippen LogP contribution in [0.5, 0.6) is 0 Å². The van der Waals surface area contributed by atoms with Crippen LogP contribution in [0.25, 0.3) is 16.6 Å². The number of morpholine rings is 1. The Morgan fingerprint density at radius 3 is 2.38 bits per heavy atom. The third-order valence-electron chi connectivity index (χ3n) is 5.41. The molecule has 5 rings (SSSR count). The Hall–Kier alpha value is -2.34. The van der Waals surface area contributed by atoms with E-state index in [0.29, 0.717) is 64.3 Å². The molecule has 0 spiro atoms. The van der Waals surface area contributed by atoms with Crippen molar-refractivity contribution in [2.24, 2.45) is 0 Å². The highest BCUT2D eigenvalue weighted by molar-refractivity contribution is 7.86. The number of hydrogen-bond acceptors (Lipinski definition) is 7. The van der Waals surface area contributed by atoms with Crippen LogP contribution in [0.2, 0.25) is 0 Å². The second-order valence-electron chi connectivity index (χ2n) is 7.23. The number of aromatic nitrogens is 4. The fraction of sp³-hybridized carbons (Fsp3) is 0.500. The Kier molecular flexibility index (Phi) is 4.62. The van der Waals surface area contributed by atoms with Crippen molar-refractivity contribution in [2.45, 2.75) is 6.92 Å². The van der Waals surface area contributed by atoms with Crippen LogP contribution in [0.3, 0.4) is 0 Å². The molecular weight excluding hydrogens is 394 g/mol. The first-order valence-corrected chi connectivity index (χ1v) is 11.1. The SMILES string of the molecule is Cc1nc2c3ccccc3nc(N3CCN(S(=O)(=O)N4CCOCC4)CC3)n2n1. The van der Waals surface area contributed by atoms with E-state index in [4.69, 9.17) is 9.72 Å². The van der Waals surface area contributed by atoms with E-state index in [1.165, 1.54) is 4.31 Å². The molecule has 0 radical (unpaired) electrons. The topological polar surface area (TPSA) is 96.2 Å². The van der Waals surface area contributed by atoms with Crippen LogP contribution in [0, 0.1) is 6.92 Å². The number of fused-ring (bicyclic) bond motifs is 3. The van der Waals surface area contributed by atoms with Crippen LogP contribution in [0.1, 0.15) is 5.82 Å². The average Bonchev–Trinajstić information content (AvgIpc) is 3.15. The summed E-state index contributed by atoms with van der Waals surface area (Å²) in [5.74, 6) is 1.38. The van der Waals surface area contributed by atoms with Gasteiger partial charge in [-0.25, -0.2) is 9.97 Å². The third-order valence-corrected chi connectivity index (χ3v) is 7.45. The molecular formula is C18H23N7O3S. The summed E-state index contributed by atoms with van der Waals surface area (Å²) in [6, 6.07) is 7.86. The van der Waals surface area contributed by atoms with Gasteiger partial charge in [-0.05, 0) is 19.1 Å². The van der Waals surface area contributed by atoms with Crippen LogP contribution in [0.4, 0.5) is 5.95 Å². The lowest BCUT2D eigenvalue weighted by Crippen LogP contribution is -2.55. The second kappa shape index (κ2) is 7.17. The number of piperazine rings is 1. The summed E-state index contributed by atoms with van der Waals surface area (Å²) in [4.78, 5) is 11.5. The smallest absolute Gasteiger partial charge is 0.282 e. The molecule has 2 saturated heterocycles. The maximum atomic E-state index is 12.9. The summed E-state index contributed by atoms with van der Waals surface area (Å²) in [5.41, 5.74) is 1.62. The van der Waals surface area contributed by atoms with Crippen molar-refractivity contribution in [2.75, 3.05) is 57.4 Å². The van der Waals surface area contributed by atoms with Gasteiger partial charge in [0.05, 0.1) is 18.7 Å². The Morgan fingerprint density at radius 2 is 1.62 bits per heavy atom. The van der Waals surface area contributed by atoms with E-state index < -0.39 is 10.2 Å². The number of aryl methyl sites for hydroxylation is 1. The Morgan fingerprint density at radius 1 is 0.931 bits per heavy atom. The van der Waals surface area contributed by atoms with Crippen molar-refractivity contribution < 1.29 is 13.2 Å². The van der Waals surface area contributed by atoms with Gasteiger partial charge in [-0.1, -0.05) is 12.1 Å². The summed E-state index contributed by atoms with van der Waals surface area (Å²) < 4.78 is 35.9. The van der Waals surface area contributed by atoms with Gasteiger partial charge in [0, 0.05) is 44.7 Å². The Labute approximate surface area is 168 Å². The standard InChI is InChI=1S/C18H23N7O3S/c1-14-19-17-15-4-2-3-5-16(15)20-18(25(17)21-14)22-6-8-23(9-7-22)29(26,27)24-10-12-28-13-11-24/h2-5H,6-13H2,1H3. The molecule has 4 heterocycles. The maximum Gasteiger partial charge on any atom is 0.282 e. The molecule has 10 nitrogen and oxygen atoms in total. The minimum Gasteiger partial charge on any atom is -0.379 e. The van der Waals surface area contributed by atoms with E-state index in [9.17, 15) is 8.42 Å². The molecule has 154 valence electrons. The van der Waals surface area contributed by atoms with E-state index in [1.807, 2.05) is 31.2 Å². The zero-order valence-corrected chi connectivity index (χ0v) is 17.0. The van der Waals surface area contributed by atoms with Crippen molar-refractivity contribution in [1.29, 1.82) is 0 Å². The first-order chi connectivity index (χ1) is 14.0. The van der Waals surface area contributed by atoms with Gasteiger partial charge in [0.15, 0.2) is 5.65 Å². The van der Waals surface area contributed by atoms with Crippen molar-refractivity contribution >= 4 is 32.7 Å². The molecule has 0 saturated carbocycles. The van der Waals surface area contributed by atoms with Gasteiger partial charge in [-0.15, -0.1) is 5.10 Å². The van der Waals surface area contributed by atoms with E-state index in [1.54, 1.807) is 8.82 Å². The fourth-order valence-electron chi connectivity index (χ4n) is 3.91. The summed E-state index contributed by atoms with van der Waals surface area (Å²) in [6.07, 6.45) is 0. The maximum absolute atomic E-state index is 12.9. The molecule has 1 aromatic carbocycles. The van der Waals surface area contributed by atoms with Crippen molar-refractivity contribution in [3.05, 3.63) is 30.1 Å². The van der Waals surface area contributed by atoms with Gasteiger partial charge in [-0.3, -0.25) is 0 Å². The quantitative estimate of drug-likeness (QED) is 0.604. The molecule has 0 atom stereocenters. The highest BCUT2D eigenvalue weighted by Crippen LogP contribution is 2.24. The van der Waals surface area contributed by atoms with Crippen molar-refractivity contribution in [1.82, 2.24) is 28.2 Å². The molecule has 0 bridgehead atoms. The fourth-order valence-corrected chi connectivity index (χ4v) is 5.47. The van der Waals surface area contributed by atoms with E-state index in [0.717, 1.165) is 16.6 Å². The summed E-state index contributed by atoms with van der Waals surface area (Å²) in [6.45, 7) is 5.48. The van der Waals surface area contributed by atoms with Crippen LogP contribution in [-0.4, -0.2) is 89.1 Å². The largest absolute Gasteiger partial charge is 0.379 e. The lowest BCUT2D eigenvalue weighted by molar-refractivity contribution is 0.0700. The molecule has 0 amide bonds. The first kappa shape index (κ1) is 18.7. The predicted octanol–water partition coefficient (Wildman–Crippen LogP) is 0.285. The zero-order chi connectivity index (χ0) is 20.0. The second-order valence-corrected chi connectivity index (χ2v) is 9.16. The van der Waals surface area contributed by atoms with Gasteiger partial charge in [0.2, 0.25) is 5.95 Å². The minimum absolute atomic E-state index is 0.406. The highest BCUT2D eigenvalue weighted by Gasteiger charge is 2.34. The number of benzene rings is 1. The Balaban J connectivity index is 1.42. The predicted molar refractivity (Wildman–Crippen MR) is 108 cm³/mol.